The highest BCUT2D eigenvalue weighted by molar-refractivity contribution is 6.02. The first-order valence-corrected chi connectivity index (χ1v) is 16.9. The van der Waals surface area contributed by atoms with Gasteiger partial charge in [0.15, 0.2) is 0 Å². The number of aryl methyl sites for hydroxylation is 2. The van der Waals surface area contributed by atoms with Crippen LogP contribution in [0.2, 0.25) is 0 Å². The van der Waals surface area contributed by atoms with E-state index >= 15 is 0 Å². The minimum atomic E-state index is -0.809. The molecule has 1 N–H and O–H groups in total. The van der Waals surface area contributed by atoms with Crippen LogP contribution in [0.4, 0.5) is 8.78 Å². The van der Waals surface area contributed by atoms with Gasteiger partial charge in [-0.3, -0.25) is 4.90 Å². The number of aromatic hydroxyl groups is 1. The molecule has 1 aliphatic carbocycles. The van der Waals surface area contributed by atoms with Gasteiger partial charge in [0.2, 0.25) is 0 Å². The van der Waals surface area contributed by atoms with Crippen LogP contribution in [0.25, 0.3) is 33.0 Å². The molecule has 0 amide bonds. The molecule has 3 aliphatic rings. The number of terminal acetylenes is 1. The SMILES string of the molecule is C#Cc1c(F)ccc2cc(O)cc(-c3oc(=O)c4c(C5CCCCCCCC5)nc(CCC56CCCN5CC(F)C6)nc4c3C)c12. The molecule has 2 aromatic heterocycles. The van der Waals surface area contributed by atoms with Gasteiger partial charge in [0.05, 0.1) is 16.8 Å². The number of benzene rings is 2. The van der Waals surface area contributed by atoms with Crippen molar-refractivity contribution in [3.63, 3.8) is 0 Å². The molecule has 2 atom stereocenters. The van der Waals surface area contributed by atoms with E-state index in [2.05, 4.69) is 10.8 Å². The van der Waals surface area contributed by atoms with Crippen molar-refractivity contribution in [3.8, 4) is 29.4 Å². The van der Waals surface area contributed by atoms with Crippen molar-refractivity contribution >= 4 is 21.7 Å². The van der Waals surface area contributed by atoms with Crippen LogP contribution in [-0.4, -0.2) is 44.8 Å². The van der Waals surface area contributed by atoms with Gasteiger partial charge < -0.3 is 9.52 Å². The third-order valence-electron chi connectivity index (χ3n) is 10.8. The van der Waals surface area contributed by atoms with Gasteiger partial charge in [-0.25, -0.2) is 23.5 Å². The summed E-state index contributed by atoms with van der Waals surface area (Å²) in [6.45, 7) is 3.26. The Morgan fingerprint density at radius 2 is 1.85 bits per heavy atom. The minimum absolute atomic E-state index is 0.0346. The second-order valence-electron chi connectivity index (χ2n) is 13.7. The average molecular weight is 626 g/mol. The van der Waals surface area contributed by atoms with Crippen LogP contribution >= 0.6 is 0 Å². The molecule has 4 heterocycles. The zero-order chi connectivity index (χ0) is 32.0. The Balaban J connectivity index is 1.41. The van der Waals surface area contributed by atoms with Crippen molar-refractivity contribution in [3.05, 3.63) is 63.1 Å². The number of fused-ring (bicyclic) bond motifs is 3. The largest absolute Gasteiger partial charge is 0.508 e. The fourth-order valence-electron chi connectivity index (χ4n) is 8.60. The lowest BCUT2D eigenvalue weighted by Gasteiger charge is -2.31. The summed E-state index contributed by atoms with van der Waals surface area (Å²) in [7, 11) is 0. The zero-order valence-electron chi connectivity index (χ0n) is 26.5. The van der Waals surface area contributed by atoms with E-state index in [0.717, 1.165) is 70.0 Å². The van der Waals surface area contributed by atoms with Gasteiger partial charge in [-0.15, -0.1) is 6.42 Å². The quantitative estimate of drug-likeness (QED) is 0.225. The lowest BCUT2D eigenvalue weighted by atomic mass is 9.88. The molecule has 0 radical (unpaired) electrons. The van der Waals surface area contributed by atoms with E-state index in [4.69, 9.17) is 20.8 Å². The van der Waals surface area contributed by atoms with E-state index in [0.29, 0.717) is 58.0 Å². The van der Waals surface area contributed by atoms with E-state index in [1.54, 1.807) is 6.07 Å². The van der Waals surface area contributed by atoms with Crippen molar-refractivity contribution in [2.75, 3.05) is 13.1 Å². The molecule has 240 valence electrons. The molecule has 3 fully saturated rings. The van der Waals surface area contributed by atoms with Crippen molar-refractivity contribution in [2.45, 2.75) is 108 Å². The summed E-state index contributed by atoms with van der Waals surface area (Å²) in [5.41, 5.74) is 1.52. The lowest BCUT2D eigenvalue weighted by molar-refractivity contribution is 0.181. The van der Waals surface area contributed by atoms with E-state index in [1.807, 2.05) is 6.92 Å². The van der Waals surface area contributed by atoms with Gasteiger partial charge in [-0.1, -0.05) is 50.5 Å². The number of alkyl halides is 1. The van der Waals surface area contributed by atoms with Crippen molar-refractivity contribution in [2.24, 2.45) is 0 Å². The third kappa shape index (κ3) is 5.47. The smallest absolute Gasteiger partial charge is 0.347 e. The Bertz CT molecular complexity index is 1900. The molecule has 2 aromatic carbocycles. The molecule has 46 heavy (non-hydrogen) atoms. The minimum Gasteiger partial charge on any atom is -0.508 e. The number of hydrogen-bond acceptors (Lipinski definition) is 6. The fraction of sp³-hybridized carbons (Fsp3) is 0.500. The molecule has 6 nitrogen and oxygen atoms in total. The first-order valence-electron chi connectivity index (χ1n) is 16.9. The maximum Gasteiger partial charge on any atom is 0.347 e. The predicted molar refractivity (Wildman–Crippen MR) is 176 cm³/mol. The molecule has 2 aliphatic heterocycles. The highest BCUT2D eigenvalue weighted by Crippen LogP contribution is 2.44. The van der Waals surface area contributed by atoms with Gasteiger partial charge in [0.1, 0.15) is 34.7 Å². The normalized spacial score (nSPS) is 22.9. The van der Waals surface area contributed by atoms with Gasteiger partial charge in [-0.2, -0.15) is 0 Å². The van der Waals surface area contributed by atoms with Crippen LogP contribution in [0.5, 0.6) is 5.75 Å². The van der Waals surface area contributed by atoms with Gasteiger partial charge in [0.25, 0.3) is 0 Å². The van der Waals surface area contributed by atoms with Crippen LogP contribution in [0.1, 0.15) is 106 Å². The number of rotatable bonds is 5. The summed E-state index contributed by atoms with van der Waals surface area (Å²) in [5.74, 6) is 2.77. The summed E-state index contributed by atoms with van der Waals surface area (Å²) in [6.07, 6.45) is 17.7. The second-order valence-corrected chi connectivity index (χ2v) is 13.7. The Hall–Kier alpha value is -3.83. The fourth-order valence-corrected chi connectivity index (χ4v) is 8.60. The lowest BCUT2D eigenvalue weighted by Crippen LogP contribution is -2.38. The monoisotopic (exact) mass is 625 g/mol. The van der Waals surface area contributed by atoms with Gasteiger partial charge in [-0.05, 0) is 75.6 Å². The van der Waals surface area contributed by atoms with Crippen LogP contribution in [0.3, 0.4) is 0 Å². The van der Waals surface area contributed by atoms with Crippen molar-refractivity contribution in [1.82, 2.24) is 14.9 Å². The summed E-state index contributed by atoms with van der Waals surface area (Å²) < 4.78 is 35.6. The summed E-state index contributed by atoms with van der Waals surface area (Å²) in [6, 6.07) is 5.80. The highest BCUT2D eigenvalue weighted by Gasteiger charge is 2.48. The number of hydrogen-bond donors (Lipinski definition) is 1. The van der Waals surface area contributed by atoms with Gasteiger partial charge >= 0.3 is 5.63 Å². The van der Waals surface area contributed by atoms with E-state index in [1.165, 1.54) is 31.0 Å². The molecule has 2 saturated heterocycles. The molecule has 1 saturated carbocycles. The maximum absolute atomic E-state index is 14.9. The summed E-state index contributed by atoms with van der Waals surface area (Å²) >= 11 is 0. The van der Waals surface area contributed by atoms with Crippen LogP contribution < -0.4 is 5.63 Å². The highest BCUT2D eigenvalue weighted by atomic mass is 19.1. The van der Waals surface area contributed by atoms with Crippen LogP contribution in [0, 0.1) is 25.1 Å². The number of phenolic OH excluding ortho intramolecular Hbond substituents is 1. The Labute approximate surface area is 268 Å². The third-order valence-corrected chi connectivity index (χ3v) is 10.8. The Morgan fingerprint density at radius 1 is 1.09 bits per heavy atom. The standard InChI is InChI=1S/C38H41F2N3O3/c1-3-28-30(40)14-13-25-19-27(44)20-29(32(25)28)36-23(2)34-33(37(45)46-36)35(24-11-8-6-4-5-7-9-12-24)42-31(41-34)15-17-38-16-10-18-43(38)22-26(39)21-38/h1,13-14,19-20,24,26,44H,4-12,15-18,21-22H2,2H3. The predicted octanol–water partition coefficient (Wildman–Crippen LogP) is 8.26. The summed E-state index contributed by atoms with van der Waals surface area (Å²) in [4.78, 5) is 26.5. The maximum atomic E-state index is 14.9. The molecular weight excluding hydrogens is 584 g/mol. The van der Waals surface area contributed by atoms with Crippen molar-refractivity contribution < 1.29 is 18.3 Å². The Kier molecular flexibility index (Phi) is 8.31. The number of halogens is 2. The molecule has 8 heteroatoms. The second kappa shape index (κ2) is 12.4. The molecular formula is C38H41F2N3O3. The topological polar surface area (TPSA) is 79.5 Å². The van der Waals surface area contributed by atoms with Crippen LogP contribution in [-0.2, 0) is 6.42 Å². The number of phenols is 1. The molecule has 0 spiro atoms. The molecule has 4 aromatic rings. The van der Waals surface area contributed by atoms with Gasteiger partial charge in [0, 0.05) is 40.9 Å². The molecule has 7 rings (SSSR count). The number of nitrogens with zero attached hydrogens (tertiary/aromatic N) is 3. The van der Waals surface area contributed by atoms with E-state index in [9.17, 15) is 18.7 Å². The first-order chi connectivity index (χ1) is 22.3. The number of aromatic nitrogens is 2. The molecule has 0 bridgehead atoms. The Morgan fingerprint density at radius 3 is 2.61 bits per heavy atom. The van der Waals surface area contributed by atoms with E-state index in [-0.39, 0.29) is 28.5 Å². The molecule has 2 unspecified atom stereocenters. The van der Waals surface area contributed by atoms with E-state index < -0.39 is 17.6 Å². The van der Waals surface area contributed by atoms with Crippen molar-refractivity contribution in [1.29, 1.82) is 0 Å². The van der Waals surface area contributed by atoms with Crippen LogP contribution in [0.15, 0.2) is 33.5 Å². The average Bonchev–Trinajstić information content (AvgIpc) is 3.60. The summed E-state index contributed by atoms with van der Waals surface area (Å²) in [5, 5.41) is 12.0. The first kappa shape index (κ1) is 30.8. The zero-order valence-corrected chi connectivity index (χ0v) is 26.5.